The predicted molar refractivity (Wildman–Crippen MR) is 77.4 cm³/mol. The molecule has 2 atom stereocenters. The second-order valence-electron chi connectivity index (χ2n) is 5.85. The lowest BCUT2D eigenvalue weighted by Crippen LogP contribution is -2.42. The molecule has 0 saturated carbocycles. The molecule has 0 aliphatic carbocycles. The maximum absolute atomic E-state index is 12.3. The molecule has 2 unspecified atom stereocenters. The van der Waals surface area contributed by atoms with Crippen molar-refractivity contribution >= 4 is 5.82 Å². The zero-order chi connectivity index (χ0) is 13.8. The quantitative estimate of drug-likeness (QED) is 0.864. The van der Waals surface area contributed by atoms with Crippen molar-refractivity contribution in [2.75, 3.05) is 11.9 Å². The van der Waals surface area contributed by atoms with Crippen LogP contribution in [-0.4, -0.2) is 28.2 Å². The highest BCUT2D eigenvalue weighted by molar-refractivity contribution is 5.32. The summed E-state index contributed by atoms with van der Waals surface area (Å²) in [6.07, 6.45) is 5.53. The van der Waals surface area contributed by atoms with Crippen LogP contribution >= 0.6 is 0 Å². The van der Waals surface area contributed by atoms with E-state index < -0.39 is 0 Å². The fourth-order valence-electron chi connectivity index (χ4n) is 2.54. The summed E-state index contributed by atoms with van der Waals surface area (Å²) >= 11 is 0. The maximum Gasteiger partial charge on any atom is 0.293 e. The molecule has 0 amide bonds. The molecule has 0 radical (unpaired) electrons. The molecule has 19 heavy (non-hydrogen) atoms. The predicted octanol–water partition coefficient (Wildman–Crippen LogP) is 1.45. The third kappa shape index (κ3) is 3.80. The molecule has 1 aromatic heterocycles. The van der Waals surface area contributed by atoms with Gasteiger partial charge in [0.15, 0.2) is 5.82 Å². The summed E-state index contributed by atoms with van der Waals surface area (Å²) in [5.74, 6) is 0.939. The minimum Gasteiger partial charge on any atom is -0.363 e. The molecule has 2 N–H and O–H groups in total. The van der Waals surface area contributed by atoms with Crippen LogP contribution in [0.5, 0.6) is 0 Å². The van der Waals surface area contributed by atoms with Gasteiger partial charge in [0.25, 0.3) is 5.56 Å². The summed E-state index contributed by atoms with van der Waals surface area (Å²) < 4.78 is 1.74. The lowest BCUT2D eigenvalue weighted by atomic mass is 10.0. The maximum atomic E-state index is 12.3. The van der Waals surface area contributed by atoms with Gasteiger partial charge in [-0.15, -0.1) is 0 Å². The number of rotatable bonds is 4. The van der Waals surface area contributed by atoms with Crippen molar-refractivity contribution < 1.29 is 0 Å². The zero-order valence-electron chi connectivity index (χ0n) is 12.0. The van der Waals surface area contributed by atoms with Crippen molar-refractivity contribution in [2.45, 2.75) is 52.2 Å². The summed E-state index contributed by atoms with van der Waals surface area (Å²) in [7, 11) is 0. The lowest BCUT2D eigenvalue weighted by molar-refractivity contribution is 0.395. The summed E-state index contributed by atoms with van der Waals surface area (Å²) in [6, 6.07) is 0.833. The Labute approximate surface area is 114 Å². The Morgan fingerprint density at radius 2 is 2.37 bits per heavy atom. The molecule has 106 valence electrons. The van der Waals surface area contributed by atoms with Gasteiger partial charge in [-0.2, -0.15) is 0 Å². The minimum atomic E-state index is -0.0117. The van der Waals surface area contributed by atoms with Crippen molar-refractivity contribution in [3.05, 3.63) is 22.7 Å². The molecule has 1 aliphatic rings. The van der Waals surface area contributed by atoms with Crippen LogP contribution in [0.4, 0.5) is 5.82 Å². The third-order valence-corrected chi connectivity index (χ3v) is 3.44. The van der Waals surface area contributed by atoms with Crippen LogP contribution in [0.3, 0.4) is 0 Å². The second-order valence-corrected chi connectivity index (χ2v) is 5.85. The first kappa shape index (κ1) is 14.1. The van der Waals surface area contributed by atoms with Gasteiger partial charge >= 0.3 is 0 Å². The van der Waals surface area contributed by atoms with Crippen LogP contribution in [-0.2, 0) is 6.54 Å². The smallest absolute Gasteiger partial charge is 0.293 e. The topological polar surface area (TPSA) is 59.0 Å². The van der Waals surface area contributed by atoms with E-state index in [1.165, 1.54) is 0 Å². The van der Waals surface area contributed by atoms with Crippen LogP contribution in [0.1, 0.15) is 33.6 Å². The Hall–Kier alpha value is -1.36. The number of piperidine rings is 1. The zero-order valence-corrected chi connectivity index (χ0v) is 12.0. The van der Waals surface area contributed by atoms with Crippen molar-refractivity contribution in [1.82, 2.24) is 14.9 Å². The second kappa shape index (κ2) is 6.19. The van der Waals surface area contributed by atoms with Crippen molar-refractivity contribution in [3.63, 3.8) is 0 Å². The van der Waals surface area contributed by atoms with Crippen molar-refractivity contribution in [3.8, 4) is 0 Å². The largest absolute Gasteiger partial charge is 0.363 e. The third-order valence-electron chi connectivity index (χ3n) is 3.44. The molecule has 1 aliphatic heterocycles. The first-order chi connectivity index (χ1) is 9.06. The average molecular weight is 264 g/mol. The molecule has 2 rings (SSSR count). The van der Waals surface area contributed by atoms with E-state index in [0.29, 0.717) is 23.8 Å². The summed E-state index contributed by atoms with van der Waals surface area (Å²) in [5.41, 5.74) is -0.0117. The Bertz CT molecular complexity index is 469. The number of hydrogen-bond donors (Lipinski definition) is 2. The van der Waals surface area contributed by atoms with Gasteiger partial charge in [0, 0.05) is 31.0 Å². The van der Waals surface area contributed by atoms with E-state index in [-0.39, 0.29) is 5.56 Å². The van der Waals surface area contributed by atoms with Gasteiger partial charge in [-0.1, -0.05) is 13.8 Å². The van der Waals surface area contributed by atoms with Gasteiger partial charge in [-0.3, -0.25) is 4.79 Å². The Kier molecular flexibility index (Phi) is 4.58. The number of hydrogen-bond acceptors (Lipinski definition) is 4. The van der Waals surface area contributed by atoms with Crippen LogP contribution in [0.25, 0.3) is 0 Å². The fourth-order valence-corrected chi connectivity index (χ4v) is 2.54. The number of anilines is 1. The van der Waals surface area contributed by atoms with E-state index in [0.717, 1.165) is 25.9 Å². The molecular weight excluding hydrogens is 240 g/mol. The highest BCUT2D eigenvalue weighted by Gasteiger charge is 2.19. The molecule has 5 nitrogen and oxygen atoms in total. The van der Waals surface area contributed by atoms with Crippen molar-refractivity contribution in [1.29, 1.82) is 0 Å². The fraction of sp³-hybridized carbons (Fsp3) is 0.714. The molecular formula is C14H24N4O. The number of nitrogens with zero attached hydrogens (tertiary/aromatic N) is 2. The van der Waals surface area contributed by atoms with Crippen molar-refractivity contribution in [2.24, 2.45) is 5.92 Å². The summed E-state index contributed by atoms with van der Waals surface area (Å²) in [4.78, 5) is 16.5. The van der Waals surface area contributed by atoms with Gasteiger partial charge in [0.05, 0.1) is 0 Å². The lowest BCUT2D eigenvalue weighted by Gasteiger charge is -2.28. The Morgan fingerprint density at radius 1 is 1.58 bits per heavy atom. The van der Waals surface area contributed by atoms with E-state index in [1.54, 1.807) is 17.0 Å². The van der Waals surface area contributed by atoms with Crippen LogP contribution in [0, 0.1) is 5.92 Å². The monoisotopic (exact) mass is 264 g/mol. The van der Waals surface area contributed by atoms with Crippen LogP contribution in [0.15, 0.2) is 17.2 Å². The highest BCUT2D eigenvalue weighted by atomic mass is 16.1. The first-order valence-electron chi connectivity index (χ1n) is 7.11. The standard InChI is InChI=1S/C14H24N4O/c1-10(2)9-18-7-6-16-13(14(18)19)17-12-4-5-15-11(3)8-12/h6-7,10-12,15H,4-5,8-9H2,1-3H3,(H,16,17). The van der Waals surface area contributed by atoms with Crippen LogP contribution in [0.2, 0.25) is 0 Å². The number of nitrogens with one attached hydrogen (secondary N) is 2. The average Bonchev–Trinajstić information content (AvgIpc) is 2.34. The molecule has 1 aromatic rings. The van der Waals surface area contributed by atoms with E-state index >= 15 is 0 Å². The SMILES string of the molecule is CC(C)Cn1ccnc(NC2CCNC(C)C2)c1=O. The molecule has 0 bridgehead atoms. The Morgan fingerprint density at radius 3 is 3.05 bits per heavy atom. The van der Waals surface area contributed by atoms with E-state index in [4.69, 9.17) is 0 Å². The van der Waals surface area contributed by atoms with Gasteiger partial charge in [-0.05, 0) is 32.2 Å². The number of aromatic nitrogens is 2. The van der Waals surface area contributed by atoms with Gasteiger partial charge < -0.3 is 15.2 Å². The van der Waals surface area contributed by atoms with Gasteiger partial charge in [0.2, 0.25) is 0 Å². The van der Waals surface area contributed by atoms with E-state index in [9.17, 15) is 4.79 Å². The molecule has 0 spiro atoms. The van der Waals surface area contributed by atoms with E-state index in [1.807, 2.05) is 0 Å². The van der Waals surface area contributed by atoms with Crippen LogP contribution < -0.4 is 16.2 Å². The Balaban J connectivity index is 2.10. The van der Waals surface area contributed by atoms with Gasteiger partial charge in [-0.25, -0.2) is 4.98 Å². The van der Waals surface area contributed by atoms with E-state index in [2.05, 4.69) is 36.4 Å². The molecule has 5 heteroatoms. The summed E-state index contributed by atoms with van der Waals surface area (Å²) in [6.45, 7) is 8.11. The molecule has 0 aromatic carbocycles. The molecule has 2 heterocycles. The molecule has 1 fully saturated rings. The highest BCUT2D eigenvalue weighted by Crippen LogP contribution is 2.12. The normalized spacial score (nSPS) is 23.6. The van der Waals surface area contributed by atoms with Gasteiger partial charge in [0.1, 0.15) is 0 Å². The summed E-state index contributed by atoms with van der Waals surface area (Å²) in [5, 5.41) is 6.71. The minimum absolute atomic E-state index is 0.0117. The molecule has 1 saturated heterocycles. The first-order valence-corrected chi connectivity index (χ1v) is 7.11.